The first-order valence-electron chi connectivity index (χ1n) is 13.7. The molecule has 0 radical (unpaired) electrons. The molecule has 1 aliphatic heterocycles. The Kier molecular flexibility index (Phi) is 9.22. The van der Waals surface area contributed by atoms with Crippen molar-refractivity contribution in [2.75, 3.05) is 32.9 Å². The number of hydrogen-bond acceptors (Lipinski definition) is 7. The number of unbranched alkanes of at least 4 members (excludes halogenated alkanes) is 3. The largest absolute Gasteiger partial charge is 0.493 e. The summed E-state index contributed by atoms with van der Waals surface area (Å²) in [5, 5.41) is 4.81. The molecule has 1 saturated heterocycles. The number of nitrogens with one attached hydrogen (secondary N) is 1. The molecule has 1 aliphatic rings. The summed E-state index contributed by atoms with van der Waals surface area (Å²) in [6.07, 6.45) is 6.47. The van der Waals surface area contributed by atoms with Gasteiger partial charge in [0.2, 0.25) is 10.0 Å². The molecule has 10 nitrogen and oxygen atoms in total. The van der Waals surface area contributed by atoms with Gasteiger partial charge in [0, 0.05) is 19.0 Å². The third-order valence-electron chi connectivity index (χ3n) is 7.08. The Morgan fingerprint density at radius 3 is 2.58 bits per heavy atom. The average Bonchev–Trinajstić information content (AvgIpc) is 3.26. The first-order chi connectivity index (χ1) is 18.3. The highest BCUT2D eigenvalue weighted by molar-refractivity contribution is 7.89. The Hall–Kier alpha value is -2.76. The van der Waals surface area contributed by atoms with Crippen molar-refractivity contribution in [1.29, 1.82) is 0 Å². The van der Waals surface area contributed by atoms with Crippen LogP contribution in [0.25, 0.3) is 16.9 Å². The number of aryl methyl sites for hydroxylation is 1. The molecule has 38 heavy (non-hydrogen) atoms. The van der Waals surface area contributed by atoms with Gasteiger partial charge in [-0.3, -0.25) is 4.79 Å². The Balaban J connectivity index is 1.81. The highest BCUT2D eigenvalue weighted by Crippen LogP contribution is 2.32. The Labute approximate surface area is 224 Å². The first kappa shape index (κ1) is 28.3. The highest BCUT2D eigenvalue weighted by Gasteiger charge is 2.28. The lowest BCUT2D eigenvalue weighted by molar-refractivity contribution is 0.0730. The molecule has 208 valence electrons. The summed E-state index contributed by atoms with van der Waals surface area (Å²) in [6.45, 7) is 9.66. The van der Waals surface area contributed by atoms with Gasteiger partial charge in [-0.25, -0.2) is 17.9 Å². The molecule has 1 unspecified atom stereocenters. The maximum Gasteiger partial charge on any atom is 0.277 e. The molecule has 4 rings (SSSR count). The molecule has 1 fully saturated rings. The van der Waals surface area contributed by atoms with Crippen LogP contribution >= 0.6 is 0 Å². The number of morpholine rings is 1. The SMILES string of the molecule is CCCCCCC(CC)c1nc(C)c2c(=O)[nH]c(-c3cc(S(=O)(=O)N4CCOCC4)ccc3OCC)nn12. The predicted molar refractivity (Wildman–Crippen MR) is 146 cm³/mol. The van der Waals surface area contributed by atoms with Crippen LogP contribution in [0.5, 0.6) is 5.75 Å². The number of H-pyrrole nitrogens is 1. The number of aromatic nitrogens is 4. The van der Waals surface area contributed by atoms with Crippen molar-refractivity contribution >= 4 is 15.5 Å². The van der Waals surface area contributed by atoms with E-state index in [1.54, 1.807) is 10.6 Å². The second kappa shape index (κ2) is 12.4. The van der Waals surface area contributed by atoms with Gasteiger partial charge in [0.15, 0.2) is 11.3 Å². The van der Waals surface area contributed by atoms with Crippen molar-refractivity contribution in [3.05, 3.63) is 40.1 Å². The van der Waals surface area contributed by atoms with Gasteiger partial charge < -0.3 is 14.5 Å². The van der Waals surface area contributed by atoms with E-state index in [0.29, 0.717) is 55.4 Å². The number of aromatic amines is 1. The third kappa shape index (κ3) is 5.79. The second-order valence-corrected chi connectivity index (χ2v) is 11.6. The van der Waals surface area contributed by atoms with Crippen molar-refractivity contribution in [2.24, 2.45) is 0 Å². The van der Waals surface area contributed by atoms with Crippen LogP contribution < -0.4 is 10.3 Å². The summed E-state index contributed by atoms with van der Waals surface area (Å²) in [7, 11) is -3.75. The quantitative estimate of drug-likeness (QED) is 0.338. The van der Waals surface area contributed by atoms with Crippen molar-refractivity contribution in [1.82, 2.24) is 23.9 Å². The van der Waals surface area contributed by atoms with E-state index >= 15 is 0 Å². The summed E-state index contributed by atoms with van der Waals surface area (Å²) >= 11 is 0. The molecule has 3 aromatic rings. The molecule has 2 aromatic heterocycles. The minimum absolute atomic E-state index is 0.116. The van der Waals surface area contributed by atoms with Crippen LogP contribution in [0.2, 0.25) is 0 Å². The number of imidazole rings is 1. The number of nitrogens with zero attached hydrogens (tertiary/aromatic N) is 4. The normalized spacial score (nSPS) is 15.7. The summed E-state index contributed by atoms with van der Waals surface area (Å²) in [6, 6.07) is 4.69. The molecule has 0 amide bonds. The maximum absolute atomic E-state index is 13.4. The van der Waals surface area contributed by atoms with Crippen LogP contribution in [-0.2, 0) is 14.8 Å². The van der Waals surface area contributed by atoms with E-state index in [0.717, 1.165) is 31.5 Å². The van der Waals surface area contributed by atoms with Gasteiger partial charge >= 0.3 is 0 Å². The fraction of sp³-hybridized carbons (Fsp3) is 0.593. The number of fused-ring (bicyclic) bond motifs is 1. The van der Waals surface area contributed by atoms with Crippen molar-refractivity contribution in [3.8, 4) is 17.1 Å². The zero-order valence-corrected chi connectivity index (χ0v) is 23.6. The second-order valence-electron chi connectivity index (χ2n) is 9.68. The van der Waals surface area contributed by atoms with E-state index in [1.807, 2.05) is 13.8 Å². The number of ether oxygens (including phenoxy) is 2. The lowest BCUT2D eigenvalue weighted by Gasteiger charge is -2.26. The van der Waals surface area contributed by atoms with Crippen LogP contribution in [-0.4, -0.2) is 65.2 Å². The number of rotatable bonds is 12. The molecule has 0 aliphatic carbocycles. The van der Waals surface area contributed by atoms with E-state index in [4.69, 9.17) is 19.6 Å². The van der Waals surface area contributed by atoms with Gasteiger partial charge in [-0.15, -0.1) is 5.10 Å². The monoisotopic (exact) mass is 545 g/mol. The summed E-state index contributed by atoms with van der Waals surface area (Å²) < 4.78 is 41.0. The molecule has 0 spiro atoms. The Bertz CT molecular complexity index is 1410. The highest BCUT2D eigenvalue weighted by atomic mass is 32.2. The Morgan fingerprint density at radius 1 is 1.13 bits per heavy atom. The van der Waals surface area contributed by atoms with Crippen LogP contribution in [0.15, 0.2) is 27.9 Å². The first-order valence-corrected chi connectivity index (χ1v) is 15.1. The van der Waals surface area contributed by atoms with Gasteiger partial charge in [0.05, 0.1) is 36.0 Å². The number of hydrogen-bond donors (Lipinski definition) is 1. The molecule has 0 saturated carbocycles. The zero-order valence-electron chi connectivity index (χ0n) is 22.8. The minimum Gasteiger partial charge on any atom is -0.493 e. The summed E-state index contributed by atoms with van der Waals surface area (Å²) in [5.74, 6) is 1.61. The standard InChI is InChI=1S/C27H39N5O5S/c1-5-8-9-10-11-20(6-2)26-28-19(4)24-27(33)29-25(30-32(24)26)22-18-21(12-13-23(22)37-7-3)38(34,35)31-14-16-36-17-15-31/h12-13,18,20H,5-11,14-17H2,1-4H3,(H,29,30,33). The van der Waals surface area contributed by atoms with Crippen LogP contribution in [0.4, 0.5) is 0 Å². The fourth-order valence-electron chi connectivity index (χ4n) is 4.98. The van der Waals surface area contributed by atoms with E-state index in [2.05, 4.69) is 18.8 Å². The smallest absolute Gasteiger partial charge is 0.277 e. The lowest BCUT2D eigenvalue weighted by atomic mass is 9.97. The van der Waals surface area contributed by atoms with Crippen LogP contribution in [0.1, 0.15) is 76.7 Å². The number of sulfonamides is 1. The fourth-order valence-corrected chi connectivity index (χ4v) is 6.42. The van der Waals surface area contributed by atoms with E-state index in [-0.39, 0.29) is 22.2 Å². The van der Waals surface area contributed by atoms with Gasteiger partial charge in [-0.2, -0.15) is 4.31 Å². The van der Waals surface area contributed by atoms with Gasteiger partial charge in [0.1, 0.15) is 11.6 Å². The summed E-state index contributed by atoms with van der Waals surface area (Å²) in [4.78, 5) is 21.0. The molecule has 11 heteroatoms. The lowest BCUT2D eigenvalue weighted by Crippen LogP contribution is -2.40. The van der Waals surface area contributed by atoms with E-state index in [9.17, 15) is 13.2 Å². The van der Waals surface area contributed by atoms with Gasteiger partial charge in [-0.1, -0.05) is 39.5 Å². The Morgan fingerprint density at radius 2 is 1.89 bits per heavy atom. The number of benzene rings is 1. The zero-order chi connectivity index (χ0) is 27.3. The molecule has 1 N–H and O–H groups in total. The van der Waals surface area contributed by atoms with Crippen molar-refractivity contribution < 1.29 is 17.9 Å². The molecule has 1 aromatic carbocycles. The van der Waals surface area contributed by atoms with Crippen molar-refractivity contribution in [3.63, 3.8) is 0 Å². The molecular formula is C27H39N5O5S. The van der Waals surface area contributed by atoms with E-state index < -0.39 is 10.0 Å². The van der Waals surface area contributed by atoms with Crippen LogP contribution in [0, 0.1) is 6.92 Å². The predicted octanol–water partition coefficient (Wildman–Crippen LogP) is 4.28. The third-order valence-corrected chi connectivity index (χ3v) is 8.97. The van der Waals surface area contributed by atoms with Crippen LogP contribution in [0.3, 0.4) is 0 Å². The molecule has 1 atom stereocenters. The topological polar surface area (TPSA) is 119 Å². The molecule has 0 bridgehead atoms. The van der Waals surface area contributed by atoms with E-state index in [1.165, 1.54) is 29.3 Å². The average molecular weight is 546 g/mol. The van der Waals surface area contributed by atoms with Gasteiger partial charge in [-0.05, 0) is 44.9 Å². The van der Waals surface area contributed by atoms with Crippen molar-refractivity contribution in [2.45, 2.75) is 77.0 Å². The summed E-state index contributed by atoms with van der Waals surface area (Å²) in [5.41, 5.74) is 1.12. The minimum atomic E-state index is -3.75. The molecule has 3 heterocycles. The molecular weight excluding hydrogens is 506 g/mol. The van der Waals surface area contributed by atoms with Gasteiger partial charge in [0.25, 0.3) is 5.56 Å². The maximum atomic E-state index is 13.4.